The Balaban J connectivity index is 2.62. The summed E-state index contributed by atoms with van der Waals surface area (Å²) in [5.41, 5.74) is 0.973. The minimum Gasteiger partial charge on any atom is -0.317 e. The summed E-state index contributed by atoms with van der Waals surface area (Å²) < 4.78 is 0. The molecule has 0 saturated heterocycles. The molecule has 0 aliphatic heterocycles. The van der Waals surface area contributed by atoms with E-state index in [0.29, 0.717) is 10.8 Å². The van der Waals surface area contributed by atoms with Crippen molar-refractivity contribution < 1.29 is 0 Å². The molecule has 3 unspecified atom stereocenters. The van der Waals surface area contributed by atoms with Gasteiger partial charge in [-0.1, -0.05) is 48.5 Å². The largest absolute Gasteiger partial charge is 0.317 e. The zero-order chi connectivity index (χ0) is 15.4. The van der Waals surface area contributed by atoms with E-state index in [-0.39, 0.29) is 0 Å². The van der Waals surface area contributed by atoms with Crippen molar-refractivity contribution in [3.8, 4) is 0 Å². The third-order valence-corrected chi connectivity index (χ3v) is 5.29. The van der Waals surface area contributed by atoms with Crippen LogP contribution in [0.4, 0.5) is 0 Å². The summed E-state index contributed by atoms with van der Waals surface area (Å²) in [6, 6.07) is 0. The van der Waals surface area contributed by atoms with Crippen molar-refractivity contribution >= 4 is 0 Å². The van der Waals surface area contributed by atoms with Crippen molar-refractivity contribution in [2.75, 3.05) is 13.1 Å². The van der Waals surface area contributed by atoms with Gasteiger partial charge < -0.3 is 5.32 Å². The fourth-order valence-corrected chi connectivity index (χ4v) is 3.68. The first-order chi connectivity index (χ1) is 9.13. The highest BCUT2D eigenvalue weighted by molar-refractivity contribution is 4.87. The number of hydrogen-bond donors (Lipinski definition) is 1. The summed E-state index contributed by atoms with van der Waals surface area (Å²) in [4.78, 5) is 0. The average Bonchev–Trinajstić information content (AvgIpc) is 2.32. The molecule has 1 saturated carbocycles. The second-order valence-corrected chi connectivity index (χ2v) is 9.30. The molecule has 1 rings (SSSR count). The zero-order valence-corrected chi connectivity index (χ0v) is 15.2. The highest BCUT2D eigenvalue weighted by Crippen LogP contribution is 2.45. The van der Waals surface area contributed by atoms with Gasteiger partial charge in [-0.25, -0.2) is 0 Å². The lowest BCUT2D eigenvalue weighted by Crippen LogP contribution is -2.37. The molecule has 1 N–H and O–H groups in total. The molecule has 0 bridgehead atoms. The van der Waals surface area contributed by atoms with E-state index in [2.05, 4.69) is 53.8 Å². The molecule has 3 atom stereocenters. The van der Waals surface area contributed by atoms with E-state index in [0.717, 1.165) is 24.3 Å². The van der Waals surface area contributed by atoms with E-state index in [9.17, 15) is 0 Å². The lowest BCUT2D eigenvalue weighted by Gasteiger charge is -2.42. The Labute approximate surface area is 128 Å². The Morgan fingerprint density at radius 3 is 2.10 bits per heavy atom. The second kappa shape index (κ2) is 7.29. The van der Waals surface area contributed by atoms with Crippen LogP contribution in [-0.4, -0.2) is 13.1 Å². The van der Waals surface area contributed by atoms with Crippen molar-refractivity contribution in [2.24, 2.45) is 28.6 Å². The summed E-state index contributed by atoms with van der Waals surface area (Å²) in [5.74, 6) is 2.77. The van der Waals surface area contributed by atoms with Gasteiger partial charge in [0.1, 0.15) is 0 Å². The fourth-order valence-electron chi connectivity index (χ4n) is 3.68. The molecule has 0 heterocycles. The predicted molar refractivity (Wildman–Crippen MR) is 91.0 cm³/mol. The summed E-state index contributed by atoms with van der Waals surface area (Å²) in [6.45, 7) is 19.0. The van der Waals surface area contributed by atoms with Crippen molar-refractivity contribution in [1.29, 1.82) is 0 Å². The molecule has 120 valence electrons. The van der Waals surface area contributed by atoms with E-state index in [4.69, 9.17) is 0 Å². The SMILES string of the molecule is CCNCC1CCC(C(C)(C)C)CC1CCC(C)(C)C. The summed E-state index contributed by atoms with van der Waals surface area (Å²) in [5, 5.41) is 3.60. The molecule has 20 heavy (non-hydrogen) atoms. The molecular weight excluding hydrogens is 242 g/mol. The lowest BCUT2D eigenvalue weighted by atomic mass is 9.64. The van der Waals surface area contributed by atoms with Crippen LogP contribution >= 0.6 is 0 Å². The van der Waals surface area contributed by atoms with E-state index < -0.39 is 0 Å². The highest BCUT2D eigenvalue weighted by Gasteiger charge is 2.35. The number of hydrogen-bond acceptors (Lipinski definition) is 1. The van der Waals surface area contributed by atoms with Crippen LogP contribution in [0.2, 0.25) is 0 Å². The molecule has 1 heteroatoms. The molecule has 0 spiro atoms. The predicted octanol–water partition coefficient (Wildman–Crippen LogP) is 5.50. The van der Waals surface area contributed by atoms with Crippen molar-refractivity contribution in [3.63, 3.8) is 0 Å². The van der Waals surface area contributed by atoms with Gasteiger partial charge in [-0.2, -0.15) is 0 Å². The standard InChI is InChI=1S/C19H39N/c1-8-20-14-16-9-10-17(19(5,6)7)13-15(16)11-12-18(2,3)4/h15-17,20H,8-14H2,1-7H3. The third kappa shape index (κ3) is 6.16. The molecule has 0 radical (unpaired) electrons. The number of nitrogens with one attached hydrogen (secondary N) is 1. The van der Waals surface area contributed by atoms with Crippen LogP contribution in [0, 0.1) is 28.6 Å². The Hall–Kier alpha value is -0.0400. The smallest absolute Gasteiger partial charge is 0.00180 e. The maximum absolute atomic E-state index is 3.60. The average molecular weight is 282 g/mol. The van der Waals surface area contributed by atoms with Crippen molar-refractivity contribution in [2.45, 2.75) is 80.6 Å². The quantitative estimate of drug-likeness (QED) is 0.701. The van der Waals surface area contributed by atoms with Gasteiger partial charge in [-0.15, -0.1) is 0 Å². The molecule has 1 aliphatic carbocycles. The van der Waals surface area contributed by atoms with E-state index in [1.807, 2.05) is 0 Å². The van der Waals surface area contributed by atoms with E-state index in [1.165, 1.54) is 38.6 Å². The van der Waals surface area contributed by atoms with E-state index in [1.54, 1.807) is 0 Å². The monoisotopic (exact) mass is 281 g/mol. The highest BCUT2D eigenvalue weighted by atomic mass is 14.8. The second-order valence-electron chi connectivity index (χ2n) is 9.30. The first kappa shape index (κ1) is 18.0. The summed E-state index contributed by atoms with van der Waals surface area (Å²) >= 11 is 0. The first-order valence-corrected chi connectivity index (χ1v) is 8.84. The van der Waals surface area contributed by atoms with Crippen LogP contribution in [0.25, 0.3) is 0 Å². The molecule has 1 fully saturated rings. The van der Waals surface area contributed by atoms with Crippen LogP contribution in [0.5, 0.6) is 0 Å². The molecular formula is C19H39N. The maximum Gasteiger partial charge on any atom is -0.00180 e. The molecule has 1 aliphatic rings. The van der Waals surface area contributed by atoms with E-state index >= 15 is 0 Å². The van der Waals surface area contributed by atoms with Crippen LogP contribution in [0.15, 0.2) is 0 Å². The molecule has 0 aromatic carbocycles. The lowest BCUT2D eigenvalue weighted by molar-refractivity contribution is 0.0858. The van der Waals surface area contributed by atoms with Gasteiger partial charge in [-0.3, -0.25) is 0 Å². The summed E-state index contributed by atoms with van der Waals surface area (Å²) in [7, 11) is 0. The fraction of sp³-hybridized carbons (Fsp3) is 1.00. The van der Waals surface area contributed by atoms with Gasteiger partial charge >= 0.3 is 0 Å². The van der Waals surface area contributed by atoms with Crippen molar-refractivity contribution in [1.82, 2.24) is 5.32 Å². The van der Waals surface area contributed by atoms with Gasteiger partial charge in [-0.05, 0) is 73.8 Å². The Bertz CT molecular complexity index is 268. The van der Waals surface area contributed by atoms with Crippen LogP contribution in [0.1, 0.15) is 80.6 Å². The molecule has 0 aromatic rings. The van der Waals surface area contributed by atoms with Crippen LogP contribution in [0.3, 0.4) is 0 Å². The zero-order valence-electron chi connectivity index (χ0n) is 15.2. The van der Waals surface area contributed by atoms with Gasteiger partial charge in [0, 0.05) is 0 Å². The number of rotatable bonds is 5. The normalized spacial score (nSPS) is 28.6. The minimum absolute atomic E-state index is 0.484. The maximum atomic E-state index is 3.60. The topological polar surface area (TPSA) is 12.0 Å². The van der Waals surface area contributed by atoms with Gasteiger partial charge in [0.2, 0.25) is 0 Å². The minimum atomic E-state index is 0.484. The molecule has 0 amide bonds. The van der Waals surface area contributed by atoms with Gasteiger partial charge in [0.25, 0.3) is 0 Å². The van der Waals surface area contributed by atoms with Crippen LogP contribution < -0.4 is 5.32 Å². The van der Waals surface area contributed by atoms with Gasteiger partial charge in [0.15, 0.2) is 0 Å². The van der Waals surface area contributed by atoms with Gasteiger partial charge in [0.05, 0.1) is 0 Å². The molecule has 0 aromatic heterocycles. The first-order valence-electron chi connectivity index (χ1n) is 8.84. The summed E-state index contributed by atoms with van der Waals surface area (Å²) in [6.07, 6.45) is 7.12. The Morgan fingerprint density at radius 1 is 0.950 bits per heavy atom. The van der Waals surface area contributed by atoms with Crippen molar-refractivity contribution in [3.05, 3.63) is 0 Å². The molecule has 1 nitrogen and oxygen atoms in total. The third-order valence-electron chi connectivity index (χ3n) is 5.29. The Morgan fingerprint density at radius 2 is 1.60 bits per heavy atom. The Kier molecular flexibility index (Phi) is 6.57. The van der Waals surface area contributed by atoms with Crippen LogP contribution in [-0.2, 0) is 0 Å².